The number of hydrogen-bond acceptors (Lipinski definition) is 6. The number of nitrogens with one attached hydrogen (secondary N) is 2. The van der Waals surface area contributed by atoms with Gasteiger partial charge >= 0.3 is 0 Å². The molecular weight excluding hydrogens is 437 g/mol. The number of aryl methyl sites for hydroxylation is 1. The van der Waals surface area contributed by atoms with Crippen LogP contribution in [0, 0.1) is 24.4 Å². The van der Waals surface area contributed by atoms with Crippen molar-refractivity contribution in [2.45, 2.75) is 52.0 Å². The molecule has 1 fully saturated rings. The third kappa shape index (κ3) is 10.0. The summed E-state index contributed by atoms with van der Waals surface area (Å²) < 4.78 is 42.2. The van der Waals surface area contributed by atoms with Crippen LogP contribution in [0.15, 0.2) is 30.3 Å². The number of carbonyl (C=O) groups excluding carboxylic acids is 2. The molecule has 33 heavy (non-hydrogen) atoms. The minimum absolute atomic E-state index is 0.0818. The van der Waals surface area contributed by atoms with Gasteiger partial charge in [0.25, 0.3) is 0 Å². The maximum atomic E-state index is 14.4. The molecule has 3 rings (SSSR count). The normalized spacial score (nSPS) is 12.0. The van der Waals surface area contributed by atoms with Gasteiger partial charge in [0.05, 0.1) is 11.4 Å². The number of anilines is 3. The van der Waals surface area contributed by atoms with Gasteiger partial charge in [-0.05, 0) is 62.4 Å². The lowest BCUT2D eigenvalue weighted by Gasteiger charge is -2.22. The Morgan fingerprint density at radius 1 is 0.939 bits per heavy atom. The van der Waals surface area contributed by atoms with Crippen molar-refractivity contribution in [1.82, 2.24) is 0 Å². The van der Waals surface area contributed by atoms with Gasteiger partial charge in [-0.1, -0.05) is 19.9 Å². The van der Waals surface area contributed by atoms with Crippen LogP contribution in [0.2, 0.25) is 0 Å². The summed E-state index contributed by atoms with van der Waals surface area (Å²) in [4.78, 5) is 16.0. The number of aliphatic hydroxyl groups is 2. The summed E-state index contributed by atoms with van der Waals surface area (Å²) in [7, 11) is 1.00. The Kier molecular flexibility index (Phi) is 17.2. The molecule has 1 aliphatic rings. The maximum Gasteiger partial charge on any atom is 0.184 e. The highest BCUT2D eigenvalue weighted by atomic mass is 19.2. The van der Waals surface area contributed by atoms with Gasteiger partial charge in [0, 0.05) is 19.3 Å². The summed E-state index contributed by atoms with van der Waals surface area (Å²) in [5, 5.41) is 21.9. The summed E-state index contributed by atoms with van der Waals surface area (Å²) in [6.45, 7) is 9.83. The highest BCUT2D eigenvalue weighted by Crippen LogP contribution is 2.45. The minimum Gasteiger partial charge on any atom is -0.400 e. The molecule has 0 unspecified atom stereocenters. The van der Waals surface area contributed by atoms with Crippen LogP contribution in [0.4, 0.5) is 30.2 Å². The summed E-state index contributed by atoms with van der Waals surface area (Å²) in [5.74, 6) is -2.58. The van der Waals surface area contributed by atoms with E-state index in [1.165, 1.54) is 18.2 Å². The molecule has 0 heterocycles. The number of hydrogen-bond donors (Lipinski definition) is 4. The number of halogens is 3. The second-order valence-electron chi connectivity index (χ2n) is 6.62. The lowest BCUT2D eigenvalue weighted by Crippen LogP contribution is -2.22. The fourth-order valence-corrected chi connectivity index (χ4v) is 2.92. The molecule has 0 aromatic heterocycles. The molecule has 2 aromatic carbocycles. The number of carbonyl (C=O) groups is 2. The van der Waals surface area contributed by atoms with Crippen molar-refractivity contribution >= 4 is 30.6 Å². The first-order valence-corrected chi connectivity index (χ1v) is 10.4. The van der Waals surface area contributed by atoms with Gasteiger partial charge in [0.1, 0.15) is 25.1 Å². The summed E-state index contributed by atoms with van der Waals surface area (Å²) >= 11 is 0. The lowest BCUT2D eigenvalue weighted by atomic mass is 10.1. The molecule has 0 spiro atoms. The van der Waals surface area contributed by atoms with E-state index < -0.39 is 17.5 Å². The molecule has 1 aliphatic carbocycles. The highest BCUT2D eigenvalue weighted by molar-refractivity contribution is 5.76. The Morgan fingerprint density at radius 2 is 1.48 bits per heavy atom. The molecular formula is C24H35F3N2O4. The first-order valence-electron chi connectivity index (χ1n) is 10.4. The van der Waals surface area contributed by atoms with E-state index in [1.807, 2.05) is 27.4 Å². The Labute approximate surface area is 193 Å². The van der Waals surface area contributed by atoms with Gasteiger partial charge in [-0.2, -0.15) is 0 Å². The fourth-order valence-electron chi connectivity index (χ4n) is 2.92. The van der Waals surface area contributed by atoms with E-state index in [0.29, 0.717) is 12.1 Å². The smallest absolute Gasteiger partial charge is 0.184 e. The molecule has 4 N–H and O–H groups in total. The second kappa shape index (κ2) is 17.6. The fraction of sp³-hybridized carbons (Fsp3) is 0.417. The average molecular weight is 473 g/mol. The average Bonchev–Trinajstić information content (AvgIpc) is 3.63. The van der Waals surface area contributed by atoms with E-state index >= 15 is 0 Å². The highest BCUT2D eigenvalue weighted by Gasteiger charge is 2.42. The van der Waals surface area contributed by atoms with E-state index in [1.54, 1.807) is 13.0 Å². The molecule has 0 radical (unpaired) electrons. The predicted octanol–water partition coefficient (Wildman–Crippen LogP) is 5.14. The number of rotatable bonds is 7. The van der Waals surface area contributed by atoms with Crippen molar-refractivity contribution in [2.75, 3.05) is 24.4 Å². The van der Waals surface area contributed by atoms with Gasteiger partial charge in [-0.15, -0.1) is 0 Å². The lowest BCUT2D eigenvalue weighted by molar-refractivity contribution is -0.0987. The zero-order chi connectivity index (χ0) is 26.0. The van der Waals surface area contributed by atoms with Crippen molar-refractivity contribution in [3.63, 3.8) is 0 Å². The third-order valence-corrected chi connectivity index (χ3v) is 4.55. The molecule has 0 aliphatic heterocycles. The zero-order valence-corrected chi connectivity index (χ0v) is 19.7. The summed E-state index contributed by atoms with van der Waals surface area (Å²) in [5.41, 5.74) is 0.877. The third-order valence-electron chi connectivity index (χ3n) is 4.55. The largest absolute Gasteiger partial charge is 0.400 e. The maximum absolute atomic E-state index is 14.4. The number of benzene rings is 2. The van der Waals surface area contributed by atoms with E-state index in [2.05, 4.69) is 10.6 Å². The van der Waals surface area contributed by atoms with E-state index in [-0.39, 0.29) is 23.5 Å². The number of aliphatic hydroxyl groups excluding tert-OH is 2. The van der Waals surface area contributed by atoms with Crippen molar-refractivity contribution < 1.29 is 33.0 Å². The van der Waals surface area contributed by atoms with Crippen LogP contribution in [-0.2, 0) is 9.59 Å². The standard InChI is InChI=1S/C19H21F3N2O.C2H6.CH4O.2CH2O/c1-12-3-5-15(14(21)11-12)23-18-16(6-4-13(20)17(18)22)24-19(8-9-19)7-2-10-25;4*1-2/h3-6,11,23-25H,2,7-10H2,1H3;1-2H3;2H,1H3;2*1H2. The molecule has 9 heteroatoms. The van der Waals surface area contributed by atoms with Gasteiger partial charge in [0.2, 0.25) is 0 Å². The monoisotopic (exact) mass is 472 g/mol. The van der Waals surface area contributed by atoms with Crippen LogP contribution in [0.3, 0.4) is 0 Å². The van der Waals surface area contributed by atoms with Crippen molar-refractivity contribution in [3.05, 3.63) is 53.3 Å². The molecule has 186 valence electrons. The van der Waals surface area contributed by atoms with Gasteiger partial charge in [0.15, 0.2) is 11.6 Å². The topological polar surface area (TPSA) is 98.7 Å². The Bertz CT molecular complexity index is 817. The molecule has 0 saturated heterocycles. The van der Waals surface area contributed by atoms with Crippen LogP contribution >= 0.6 is 0 Å². The van der Waals surface area contributed by atoms with E-state index in [0.717, 1.165) is 38.0 Å². The molecule has 6 nitrogen and oxygen atoms in total. The van der Waals surface area contributed by atoms with E-state index in [4.69, 9.17) is 19.8 Å². The first kappa shape index (κ1) is 32.3. The molecule has 2 aromatic rings. The zero-order valence-electron chi connectivity index (χ0n) is 19.7. The summed E-state index contributed by atoms with van der Waals surface area (Å²) in [6.07, 6.45) is 3.15. The van der Waals surface area contributed by atoms with Crippen molar-refractivity contribution in [1.29, 1.82) is 0 Å². The van der Waals surface area contributed by atoms with Crippen LogP contribution in [-0.4, -0.2) is 43.0 Å². The molecule has 0 amide bonds. The predicted molar refractivity (Wildman–Crippen MR) is 126 cm³/mol. The Hall–Kier alpha value is -2.91. The van der Waals surface area contributed by atoms with Crippen LogP contribution < -0.4 is 10.6 Å². The van der Waals surface area contributed by atoms with Crippen LogP contribution in [0.1, 0.15) is 45.1 Å². The van der Waals surface area contributed by atoms with Crippen LogP contribution in [0.25, 0.3) is 0 Å². The Balaban J connectivity index is 0. The molecule has 0 bridgehead atoms. The summed E-state index contributed by atoms with van der Waals surface area (Å²) in [6, 6.07) is 7.02. The van der Waals surface area contributed by atoms with Crippen molar-refractivity contribution in [2.24, 2.45) is 0 Å². The van der Waals surface area contributed by atoms with Gasteiger partial charge in [-0.25, -0.2) is 13.2 Å². The minimum atomic E-state index is -1.05. The first-order chi connectivity index (χ1) is 15.9. The molecule has 1 saturated carbocycles. The van der Waals surface area contributed by atoms with Crippen LogP contribution in [0.5, 0.6) is 0 Å². The van der Waals surface area contributed by atoms with Gasteiger partial charge < -0.3 is 30.4 Å². The van der Waals surface area contributed by atoms with Gasteiger partial charge in [-0.3, -0.25) is 0 Å². The van der Waals surface area contributed by atoms with E-state index in [9.17, 15) is 13.2 Å². The van der Waals surface area contributed by atoms with Crippen molar-refractivity contribution in [3.8, 4) is 0 Å². The second-order valence-corrected chi connectivity index (χ2v) is 6.62. The molecule has 0 atom stereocenters. The SMILES string of the molecule is C=O.C=O.CC.CO.Cc1ccc(Nc2c(NC3(CCCO)CC3)ccc(F)c2F)c(F)c1. The quantitative estimate of drug-likeness (QED) is 0.446. The Morgan fingerprint density at radius 3 is 1.97 bits per heavy atom.